The molecule has 0 spiro atoms. The van der Waals surface area contributed by atoms with E-state index in [1.54, 1.807) is 12.3 Å². The maximum absolute atomic E-state index is 12.6. The van der Waals surface area contributed by atoms with Crippen LogP contribution in [0, 0.1) is 0 Å². The molecule has 0 amide bonds. The van der Waals surface area contributed by atoms with Gasteiger partial charge in [-0.1, -0.05) is 25.5 Å². The third kappa shape index (κ3) is 6.54. The fraction of sp³-hybridized carbons (Fsp3) is 0.464. The Balaban J connectivity index is 1.18. The quantitative estimate of drug-likeness (QED) is 0.331. The number of para-hydroxylation sites is 2. The van der Waals surface area contributed by atoms with Gasteiger partial charge >= 0.3 is 0 Å². The molecule has 0 aliphatic carbocycles. The summed E-state index contributed by atoms with van der Waals surface area (Å²) in [6, 6.07) is 13.8. The maximum atomic E-state index is 12.6. The summed E-state index contributed by atoms with van der Waals surface area (Å²) < 4.78 is 17.1. The largest absolute Gasteiger partial charge is 0.491 e. The summed E-state index contributed by atoms with van der Waals surface area (Å²) >= 11 is 0. The highest BCUT2D eigenvalue weighted by Gasteiger charge is 2.19. The molecule has 6 heteroatoms. The topological polar surface area (TPSA) is 51.2 Å². The molecular weight excluding hydrogens is 428 g/mol. The van der Waals surface area contributed by atoms with Gasteiger partial charge in [-0.15, -0.1) is 0 Å². The van der Waals surface area contributed by atoms with Gasteiger partial charge in [0.15, 0.2) is 17.3 Å². The first-order valence-corrected chi connectivity index (χ1v) is 12.6. The number of benzene rings is 2. The van der Waals surface area contributed by atoms with Crippen molar-refractivity contribution in [1.82, 2.24) is 4.90 Å². The average Bonchev–Trinajstić information content (AvgIpc) is 3.12. The normalized spacial score (nSPS) is 15.7. The number of nitrogens with zero attached hydrogens (tertiary/aromatic N) is 2. The van der Waals surface area contributed by atoms with Gasteiger partial charge in [-0.2, -0.15) is 0 Å². The van der Waals surface area contributed by atoms with Crippen molar-refractivity contribution in [1.29, 1.82) is 0 Å². The molecular formula is C28H36N2O4. The second kappa shape index (κ2) is 12.5. The summed E-state index contributed by atoms with van der Waals surface area (Å²) in [5, 5.41) is 0. The predicted molar refractivity (Wildman–Crippen MR) is 135 cm³/mol. The van der Waals surface area contributed by atoms with Crippen LogP contribution in [0.4, 0.5) is 5.69 Å². The summed E-state index contributed by atoms with van der Waals surface area (Å²) in [6.07, 6.45) is 8.12. The Morgan fingerprint density at radius 3 is 2.71 bits per heavy atom. The van der Waals surface area contributed by atoms with E-state index in [1.807, 2.05) is 24.3 Å². The lowest BCUT2D eigenvalue weighted by Gasteiger charge is -2.36. The smallest absolute Gasteiger partial charge is 0.168 e. The number of rotatable bonds is 11. The third-order valence-corrected chi connectivity index (χ3v) is 6.35. The number of carbonyl (C=O) groups excluding carboxylic acids is 1. The van der Waals surface area contributed by atoms with Crippen LogP contribution in [0.1, 0.15) is 49.4 Å². The van der Waals surface area contributed by atoms with Crippen molar-refractivity contribution < 1.29 is 19.0 Å². The molecule has 34 heavy (non-hydrogen) atoms. The number of Topliss-reactive ketones (excluding diaryl/α,β-unsaturated/α-hetero) is 1. The number of ketones is 1. The Morgan fingerprint density at radius 1 is 1.00 bits per heavy atom. The molecule has 182 valence electrons. The molecule has 0 aromatic heterocycles. The van der Waals surface area contributed by atoms with Crippen molar-refractivity contribution in [3.8, 4) is 17.2 Å². The lowest BCUT2D eigenvalue weighted by atomic mass is 10.0. The first-order chi connectivity index (χ1) is 16.7. The van der Waals surface area contributed by atoms with Gasteiger partial charge in [-0.3, -0.25) is 9.69 Å². The number of carbonyl (C=O) groups is 1. The van der Waals surface area contributed by atoms with Gasteiger partial charge in [0.1, 0.15) is 12.4 Å². The Morgan fingerprint density at radius 2 is 1.85 bits per heavy atom. The van der Waals surface area contributed by atoms with Crippen LogP contribution in [-0.2, 0) is 0 Å². The fourth-order valence-electron chi connectivity index (χ4n) is 4.33. The van der Waals surface area contributed by atoms with Crippen molar-refractivity contribution in [3.05, 3.63) is 60.4 Å². The molecule has 1 fully saturated rings. The maximum Gasteiger partial charge on any atom is 0.168 e. The standard InChI is InChI=1S/C28H36N2O4/c1-2-3-19-32-26-11-5-4-9-24(26)30-17-15-29(16-18-30)14-7-6-10-25(31)23-12-13-27-28(22-23)34-21-8-20-33-27/h4-5,8-9,11-13,20,22H,2-3,6-7,10,14-19,21H2,1H3. The minimum absolute atomic E-state index is 0.160. The van der Waals surface area contributed by atoms with Crippen LogP contribution >= 0.6 is 0 Å². The van der Waals surface area contributed by atoms with Crippen LogP contribution in [0.5, 0.6) is 17.2 Å². The summed E-state index contributed by atoms with van der Waals surface area (Å²) in [4.78, 5) is 17.6. The molecule has 6 nitrogen and oxygen atoms in total. The molecule has 2 aromatic rings. The van der Waals surface area contributed by atoms with Gasteiger partial charge < -0.3 is 19.1 Å². The molecule has 4 rings (SSSR count). The fourth-order valence-corrected chi connectivity index (χ4v) is 4.33. The van der Waals surface area contributed by atoms with Crippen molar-refractivity contribution in [2.24, 2.45) is 0 Å². The molecule has 0 unspecified atom stereocenters. The number of piperazine rings is 1. The van der Waals surface area contributed by atoms with Gasteiger partial charge in [0, 0.05) is 38.2 Å². The van der Waals surface area contributed by atoms with Crippen LogP contribution in [0.15, 0.2) is 54.8 Å². The highest BCUT2D eigenvalue weighted by Crippen LogP contribution is 2.31. The molecule has 0 atom stereocenters. The van der Waals surface area contributed by atoms with E-state index in [1.165, 1.54) is 5.69 Å². The third-order valence-electron chi connectivity index (χ3n) is 6.35. The minimum Gasteiger partial charge on any atom is -0.491 e. The van der Waals surface area contributed by atoms with E-state index < -0.39 is 0 Å². The predicted octanol–water partition coefficient (Wildman–Crippen LogP) is 5.33. The summed E-state index contributed by atoms with van der Waals surface area (Å²) in [5.41, 5.74) is 1.90. The van der Waals surface area contributed by atoms with E-state index in [-0.39, 0.29) is 5.78 Å². The van der Waals surface area contributed by atoms with Gasteiger partial charge in [0.2, 0.25) is 0 Å². The van der Waals surface area contributed by atoms with E-state index in [2.05, 4.69) is 34.9 Å². The number of hydrogen-bond donors (Lipinski definition) is 0. The lowest BCUT2D eigenvalue weighted by molar-refractivity contribution is 0.0977. The van der Waals surface area contributed by atoms with Gasteiger partial charge in [-0.05, 0) is 62.2 Å². The van der Waals surface area contributed by atoms with Crippen LogP contribution < -0.4 is 19.1 Å². The molecule has 2 aromatic carbocycles. The number of fused-ring (bicyclic) bond motifs is 1. The summed E-state index contributed by atoms with van der Waals surface area (Å²) in [7, 11) is 0. The first kappa shape index (κ1) is 24.1. The molecule has 0 radical (unpaired) electrons. The summed E-state index contributed by atoms with van der Waals surface area (Å²) in [5.74, 6) is 2.44. The lowest BCUT2D eigenvalue weighted by Crippen LogP contribution is -2.46. The van der Waals surface area contributed by atoms with Crippen LogP contribution in [-0.4, -0.2) is 56.6 Å². The van der Waals surface area contributed by atoms with E-state index in [0.29, 0.717) is 30.1 Å². The molecule has 0 N–H and O–H groups in total. The zero-order valence-corrected chi connectivity index (χ0v) is 20.2. The zero-order chi connectivity index (χ0) is 23.6. The van der Waals surface area contributed by atoms with Crippen molar-refractivity contribution in [3.63, 3.8) is 0 Å². The van der Waals surface area contributed by atoms with Crippen molar-refractivity contribution in [2.75, 3.05) is 50.8 Å². The summed E-state index contributed by atoms with van der Waals surface area (Å²) in [6.45, 7) is 8.51. The average molecular weight is 465 g/mol. The molecule has 2 aliphatic heterocycles. The number of ether oxygens (including phenoxy) is 3. The van der Waals surface area contributed by atoms with Crippen LogP contribution in [0.2, 0.25) is 0 Å². The molecule has 0 saturated carbocycles. The van der Waals surface area contributed by atoms with E-state index in [9.17, 15) is 4.79 Å². The van der Waals surface area contributed by atoms with Gasteiger partial charge in [0.05, 0.1) is 18.6 Å². The van der Waals surface area contributed by atoms with E-state index in [0.717, 1.165) is 70.8 Å². The highest BCUT2D eigenvalue weighted by molar-refractivity contribution is 5.96. The molecule has 0 bridgehead atoms. The van der Waals surface area contributed by atoms with Crippen molar-refractivity contribution >= 4 is 11.5 Å². The zero-order valence-electron chi connectivity index (χ0n) is 20.2. The Kier molecular flexibility index (Phi) is 8.85. The minimum atomic E-state index is 0.160. The van der Waals surface area contributed by atoms with Crippen molar-refractivity contribution in [2.45, 2.75) is 39.0 Å². The first-order valence-electron chi connectivity index (χ1n) is 12.6. The number of anilines is 1. The van der Waals surface area contributed by atoms with E-state index >= 15 is 0 Å². The number of unbranched alkanes of at least 4 members (excludes halogenated alkanes) is 2. The van der Waals surface area contributed by atoms with Gasteiger partial charge in [0.25, 0.3) is 0 Å². The SMILES string of the molecule is CCCCOc1ccccc1N1CCN(CCCCC(=O)c2ccc3c(c2)OCC=CO3)CC1. The van der Waals surface area contributed by atoms with E-state index in [4.69, 9.17) is 14.2 Å². The van der Waals surface area contributed by atoms with Crippen LogP contribution in [0.25, 0.3) is 0 Å². The Labute approximate surface area is 203 Å². The van der Waals surface area contributed by atoms with Gasteiger partial charge in [-0.25, -0.2) is 0 Å². The second-order valence-corrected chi connectivity index (χ2v) is 8.84. The Bertz CT molecular complexity index is 967. The molecule has 2 heterocycles. The second-order valence-electron chi connectivity index (χ2n) is 8.84. The Hall–Kier alpha value is -2.99. The molecule has 1 saturated heterocycles. The molecule has 2 aliphatic rings. The monoisotopic (exact) mass is 464 g/mol. The highest BCUT2D eigenvalue weighted by atomic mass is 16.5. The number of hydrogen-bond acceptors (Lipinski definition) is 6. The van der Waals surface area contributed by atoms with Crippen LogP contribution in [0.3, 0.4) is 0 Å².